The van der Waals surface area contributed by atoms with Crippen LogP contribution >= 0.6 is 0 Å². The fraction of sp³-hybridized carbons (Fsp3) is 0.429. The van der Waals surface area contributed by atoms with Gasteiger partial charge in [-0.05, 0) is 35.7 Å². The van der Waals surface area contributed by atoms with Crippen LogP contribution in [-0.2, 0) is 29.1 Å². The molecule has 0 atom stereocenters. The summed E-state index contributed by atoms with van der Waals surface area (Å²) in [6, 6.07) is 14.1. The van der Waals surface area contributed by atoms with Gasteiger partial charge in [0.05, 0.1) is 6.54 Å². The van der Waals surface area contributed by atoms with E-state index in [4.69, 9.17) is 4.52 Å². The Hall–Kier alpha value is -3.76. The van der Waals surface area contributed by atoms with Crippen LogP contribution in [0.5, 0.6) is 0 Å². The zero-order valence-corrected chi connectivity index (χ0v) is 22.7. The van der Waals surface area contributed by atoms with Crippen LogP contribution in [0.1, 0.15) is 36.4 Å². The summed E-state index contributed by atoms with van der Waals surface area (Å²) in [5, 5.41) is 14.2. The van der Waals surface area contributed by atoms with Gasteiger partial charge in [-0.2, -0.15) is 4.98 Å². The summed E-state index contributed by atoms with van der Waals surface area (Å²) < 4.78 is 5.12. The summed E-state index contributed by atoms with van der Waals surface area (Å²) in [5.74, 6) is 0.737. The quantitative estimate of drug-likeness (QED) is 0.352. The number of amides is 2. The van der Waals surface area contributed by atoms with Gasteiger partial charge in [0.25, 0.3) is 5.91 Å². The Kier molecular flexibility index (Phi) is 9.09. The predicted molar refractivity (Wildman–Crippen MR) is 146 cm³/mol. The number of aromatic nitrogens is 2. The van der Waals surface area contributed by atoms with Crippen molar-refractivity contribution in [3.63, 3.8) is 0 Å². The molecule has 2 amide bonds. The number of carbonyl (C=O) groups excluding carboxylic acids is 2. The molecule has 1 aliphatic rings. The average Bonchev–Trinajstić information content (AvgIpc) is 3.56. The Morgan fingerprint density at radius 3 is 2.45 bits per heavy atom. The zero-order chi connectivity index (χ0) is 27.1. The monoisotopic (exact) mass is 519 g/mol. The molecule has 3 aromatic rings. The summed E-state index contributed by atoms with van der Waals surface area (Å²) in [7, 11) is 1.78. The highest BCUT2D eigenvalue weighted by Gasteiger charge is 2.27. The van der Waals surface area contributed by atoms with Crippen molar-refractivity contribution < 1.29 is 14.1 Å². The van der Waals surface area contributed by atoms with Crippen molar-refractivity contribution in [1.29, 1.82) is 0 Å². The summed E-state index contributed by atoms with van der Waals surface area (Å²) >= 11 is 0. The molecule has 4 rings (SSSR count). The maximum absolute atomic E-state index is 13.3. The number of fused-ring (bicyclic) bond motifs is 1. The number of hydrazine groups is 1. The summed E-state index contributed by atoms with van der Waals surface area (Å²) in [5.41, 5.74) is 5.17. The topological polar surface area (TPSA) is 107 Å². The third kappa shape index (κ3) is 6.56. The average molecular weight is 520 g/mol. The SMILES string of the molecule is CCNCCN(CC(=O)N(C)N1Cc2ccccc2C1)C(=O)CNc1cc(-c2noc(C)n2)ccc1CC. The number of carbonyl (C=O) groups is 2. The molecular formula is C28H37N7O3. The lowest BCUT2D eigenvalue weighted by Gasteiger charge is -2.31. The minimum absolute atomic E-state index is 0.0120. The first-order chi connectivity index (χ1) is 18.4. The lowest BCUT2D eigenvalue weighted by molar-refractivity contribution is -0.151. The number of benzene rings is 2. The van der Waals surface area contributed by atoms with Gasteiger partial charge >= 0.3 is 0 Å². The molecule has 10 heteroatoms. The maximum atomic E-state index is 13.3. The molecule has 38 heavy (non-hydrogen) atoms. The molecule has 2 heterocycles. The number of hydrogen-bond donors (Lipinski definition) is 2. The predicted octanol–water partition coefficient (Wildman–Crippen LogP) is 2.85. The Morgan fingerprint density at radius 2 is 1.82 bits per heavy atom. The van der Waals surface area contributed by atoms with Crippen molar-refractivity contribution in [2.24, 2.45) is 0 Å². The Labute approximate surface area is 224 Å². The highest BCUT2D eigenvalue weighted by molar-refractivity contribution is 5.87. The van der Waals surface area contributed by atoms with Crippen molar-refractivity contribution in [3.05, 3.63) is 65.0 Å². The van der Waals surface area contributed by atoms with Gasteiger partial charge in [-0.25, -0.2) is 5.01 Å². The fourth-order valence-corrected chi connectivity index (χ4v) is 4.52. The molecule has 0 unspecified atom stereocenters. The molecule has 0 saturated heterocycles. The van der Waals surface area contributed by atoms with E-state index in [0.717, 1.165) is 29.8 Å². The van der Waals surface area contributed by atoms with Gasteiger partial charge in [-0.3, -0.25) is 14.6 Å². The van der Waals surface area contributed by atoms with Gasteiger partial charge in [-0.15, -0.1) is 0 Å². The van der Waals surface area contributed by atoms with Crippen molar-refractivity contribution in [1.82, 2.24) is 30.4 Å². The number of rotatable bonds is 12. The number of hydrogen-bond acceptors (Lipinski definition) is 8. The number of nitrogens with zero attached hydrogens (tertiary/aromatic N) is 5. The second kappa shape index (κ2) is 12.7. The normalized spacial score (nSPS) is 12.8. The molecule has 10 nitrogen and oxygen atoms in total. The van der Waals surface area contributed by atoms with E-state index >= 15 is 0 Å². The van der Waals surface area contributed by atoms with Crippen molar-refractivity contribution in [3.8, 4) is 11.4 Å². The molecule has 0 radical (unpaired) electrons. The smallest absolute Gasteiger partial charge is 0.256 e. The van der Waals surface area contributed by atoms with Crippen LogP contribution in [0.25, 0.3) is 11.4 Å². The molecule has 0 saturated carbocycles. The molecular weight excluding hydrogens is 482 g/mol. The van der Waals surface area contributed by atoms with Crippen LogP contribution in [0.15, 0.2) is 47.0 Å². The van der Waals surface area contributed by atoms with Crippen molar-refractivity contribution >= 4 is 17.5 Å². The molecule has 2 N–H and O–H groups in total. The lowest BCUT2D eigenvalue weighted by atomic mass is 10.1. The van der Waals surface area contributed by atoms with E-state index in [1.807, 2.05) is 42.3 Å². The molecule has 0 aliphatic carbocycles. The third-order valence-corrected chi connectivity index (χ3v) is 6.80. The van der Waals surface area contributed by atoms with Gasteiger partial charge in [-0.1, -0.05) is 55.4 Å². The number of likely N-dealkylation sites (N-methyl/N-ethyl adjacent to an activating group) is 2. The molecule has 0 bridgehead atoms. The minimum atomic E-state index is -0.141. The number of anilines is 1. The molecule has 0 spiro atoms. The molecule has 2 aromatic carbocycles. The second-order valence-corrected chi connectivity index (χ2v) is 9.39. The number of aryl methyl sites for hydroxylation is 2. The van der Waals surface area contributed by atoms with Crippen LogP contribution in [0.4, 0.5) is 5.69 Å². The summed E-state index contributed by atoms with van der Waals surface area (Å²) in [6.07, 6.45) is 0.799. The van der Waals surface area contributed by atoms with Gasteiger partial charge < -0.3 is 20.1 Å². The first-order valence-electron chi connectivity index (χ1n) is 13.1. The minimum Gasteiger partial charge on any atom is -0.376 e. The van der Waals surface area contributed by atoms with Crippen LogP contribution in [0, 0.1) is 6.92 Å². The van der Waals surface area contributed by atoms with Crippen LogP contribution in [0.3, 0.4) is 0 Å². The van der Waals surface area contributed by atoms with Crippen LogP contribution < -0.4 is 10.6 Å². The fourth-order valence-electron chi connectivity index (χ4n) is 4.52. The highest BCUT2D eigenvalue weighted by Crippen LogP contribution is 2.25. The van der Waals surface area contributed by atoms with E-state index in [9.17, 15) is 9.59 Å². The summed E-state index contributed by atoms with van der Waals surface area (Å²) in [6.45, 7) is 9.12. The lowest BCUT2D eigenvalue weighted by Crippen LogP contribution is -2.49. The van der Waals surface area contributed by atoms with E-state index in [-0.39, 0.29) is 24.9 Å². The molecule has 202 valence electrons. The first kappa shape index (κ1) is 27.3. The summed E-state index contributed by atoms with van der Waals surface area (Å²) in [4.78, 5) is 32.5. The van der Waals surface area contributed by atoms with E-state index in [1.54, 1.807) is 23.9 Å². The van der Waals surface area contributed by atoms with E-state index in [2.05, 4.69) is 39.8 Å². The standard InChI is InChI=1S/C28H37N7O3/c1-5-21-11-12-22(28-31-20(3)38-32-28)15-25(21)30-16-26(36)34(14-13-29-6-2)19-27(37)33(4)35-17-23-9-7-8-10-24(23)18-35/h7-12,15,29-30H,5-6,13-14,16-19H2,1-4H3. The second-order valence-electron chi connectivity index (χ2n) is 9.39. The molecule has 1 aliphatic heterocycles. The highest BCUT2D eigenvalue weighted by atomic mass is 16.5. The van der Waals surface area contributed by atoms with Crippen LogP contribution in [-0.4, -0.2) is 76.6 Å². The zero-order valence-electron chi connectivity index (χ0n) is 22.7. The Morgan fingerprint density at radius 1 is 1.08 bits per heavy atom. The Bertz CT molecular complexity index is 1230. The van der Waals surface area contributed by atoms with Gasteiger partial charge in [0.1, 0.15) is 6.54 Å². The van der Waals surface area contributed by atoms with Crippen molar-refractivity contribution in [2.45, 2.75) is 40.3 Å². The largest absolute Gasteiger partial charge is 0.376 e. The maximum Gasteiger partial charge on any atom is 0.256 e. The van der Waals surface area contributed by atoms with Gasteiger partial charge in [0.15, 0.2) is 0 Å². The van der Waals surface area contributed by atoms with E-state index in [0.29, 0.717) is 37.9 Å². The van der Waals surface area contributed by atoms with Gasteiger partial charge in [0.2, 0.25) is 17.6 Å². The van der Waals surface area contributed by atoms with E-state index in [1.165, 1.54) is 11.1 Å². The Balaban J connectivity index is 1.41. The van der Waals surface area contributed by atoms with Crippen LogP contribution in [0.2, 0.25) is 0 Å². The molecule has 1 aromatic heterocycles. The number of nitrogens with one attached hydrogen (secondary N) is 2. The third-order valence-electron chi connectivity index (χ3n) is 6.80. The van der Waals surface area contributed by atoms with Crippen molar-refractivity contribution in [2.75, 3.05) is 45.1 Å². The van der Waals surface area contributed by atoms with Gasteiger partial charge in [0, 0.05) is 51.4 Å². The first-order valence-corrected chi connectivity index (χ1v) is 13.1. The molecule has 0 fully saturated rings. The van der Waals surface area contributed by atoms with E-state index < -0.39 is 0 Å².